The van der Waals surface area contributed by atoms with Gasteiger partial charge < -0.3 is 10.2 Å². The number of benzene rings is 1. The molecule has 1 aliphatic rings. The standard InChI is InChI=1S/C13H20N2/c1-3-11-4-6-12(7-5-11)14-13-8-9-15(2)10-13/h4-7,13-14H,3,8-10H2,1-2H3. The minimum Gasteiger partial charge on any atom is -0.381 e. The van der Waals surface area contributed by atoms with Crippen LogP contribution in [0.25, 0.3) is 0 Å². The van der Waals surface area contributed by atoms with Crippen molar-refractivity contribution in [3.63, 3.8) is 0 Å². The Morgan fingerprint density at radius 2 is 2.07 bits per heavy atom. The second-order valence-corrected chi connectivity index (χ2v) is 4.44. The number of aryl methyl sites for hydroxylation is 1. The third kappa shape index (κ3) is 2.72. The van der Waals surface area contributed by atoms with Crippen LogP contribution >= 0.6 is 0 Å². The number of likely N-dealkylation sites (N-methyl/N-ethyl adjacent to an activating group) is 1. The van der Waals surface area contributed by atoms with E-state index >= 15 is 0 Å². The molecule has 2 nitrogen and oxygen atoms in total. The van der Waals surface area contributed by atoms with E-state index < -0.39 is 0 Å². The van der Waals surface area contributed by atoms with E-state index in [9.17, 15) is 0 Å². The number of nitrogens with zero attached hydrogens (tertiary/aromatic N) is 1. The lowest BCUT2D eigenvalue weighted by Gasteiger charge is -2.14. The van der Waals surface area contributed by atoms with Gasteiger partial charge in [0, 0.05) is 18.3 Å². The molecule has 1 unspecified atom stereocenters. The number of hydrogen-bond donors (Lipinski definition) is 1. The van der Waals surface area contributed by atoms with Gasteiger partial charge in [-0.25, -0.2) is 0 Å². The summed E-state index contributed by atoms with van der Waals surface area (Å²) < 4.78 is 0. The van der Waals surface area contributed by atoms with Crippen LogP contribution in [0.4, 0.5) is 5.69 Å². The van der Waals surface area contributed by atoms with Crippen molar-refractivity contribution in [1.29, 1.82) is 0 Å². The molecule has 2 heteroatoms. The molecule has 1 heterocycles. The van der Waals surface area contributed by atoms with Gasteiger partial charge in [0.1, 0.15) is 0 Å². The molecule has 15 heavy (non-hydrogen) atoms. The van der Waals surface area contributed by atoms with Crippen molar-refractivity contribution >= 4 is 5.69 Å². The van der Waals surface area contributed by atoms with Crippen LogP contribution in [0.3, 0.4) is 0 Å². The predicted octanol–water partition coefficient (Wildman–Crippen LogP) is 2.37. The fraction of sp³-hybridized carbons (Fsp3) is 0.538. The number of likely N-dealkylation sites (tertiary alicyclic amines) is 1. The summed E-state index contributed by atoms with van der Waals surface area (Å²) in [6.45, 7) is 4.56. The van der Waals surface area contributed by atoms with Gasteiger partial charge in [0.25, 0.3) is 0 Å². The Bertz CT molecular complexity index is 305. The highest BCUT2D eigenvalue weighted by Gasteiger charge is 2.18. The topological polar surface area (TPSA) is 15.3 Å². The van der Waals surface area contributed by atoms with E-state index in [1.807, 2.05) is 0 Å². The van der Waals surface area contributed by atoms with Crippen LogP contribution in [0.15, 0.2) is 24.3 Å². The number of anilines is 1. The molecule has 2 rings (SSSR count). The Kier molecular flexibility index (Phi) is 3.27. The second-order valence-electron chi connectivity index (χ2n) is 4.44. The summed E-state index contributed by atoms with van der Waals surface area (Å²) in [5, 5.41) is 3.58. The Hall–Kier alpha value is -1.02. The first kappa shape index (κ1) is 10.5. The van der Waals surface area contributed by atoms with E-state index in [0.717, 1.165) is 13.0 Å². The summed E-state index contributed by atoms with van der Waals surface area (Å²) in [5.41, 5.74) is 2.66. The van der Waals surface area contributed by atoms with E-state index in [1.165, 1.54) is 24.2 Å². The molecule has 0 spiro atoms. The minimum absolute atomic E-state index is 0.627. The third-order valence-corrected chi connectivity index (χ3v) is 3.12. The molecule has 82 valence electrons. The highest BCUT2D eigenvalue weighted by atomic mass is 15.2. The lowest BCUT2D eigenvalue weighted by Crippen LogP contribution is -2.23. The molecular weight excluding hydrogens is 184 g/mol. The van der Waals surface area contributed by atoms with E-state index in [-0.39, 0.29) is 0 Å². The van der Waals surface area contributed by atoms with E-state index in [2.05, 4.69) is 48.5 Å². The molecule has 1 aromatic carbocycles. The van der Waals surface area contributed by atoms with Gasteiger partial charge in [-0.1, -0.05) is 19.1 Å². The van der Waals surface area contributed by atoms with Gasteiger partial charge in [0.2, 0.25) is 0 Å². The summed E-state index contributed by atoms with van der Waals surface area (Å²) in [5.74, 6) is 0. The summed E-state index contributed by atoms with van der Waals surface area (Å²) in [7, 11) is 2.18. The molecule has 1 aliphatic heterocycles. The largest absolute Gasteiger partial charge is 0.381 e. The fourth-order valence-corrected chi connectivity index (χ4v) is 2.13. The fourth-order valence-electron chi connectivity index (χ4n) is 2.13. The zero-order valence-corrected chi connectivity index (χ0v) is 9.66. The molecule has 1 aromatic rings. The normalized spacial score (nSPS) is 21.9. The van der Waals surface area contributed by atoms with Crippen molar-refractivity contribution in [3.8, 4) is 0 Å². The van der Waals surface area contributed by atoms with Crippen molar-refractivity contribution in [1.82, 2.24) is 4.90 Å². The zero-order chi connectivity index (χ0) is 10.7. The number of hydrogen-bond acceptors (Lipinski definition) is 2. The van der Waals surface area contributed by atoms with Crippen molar-refractivity contribution in [2.75, 3.05) is 25.5 Å². The summed E-state index contributed by atoms with van der Waals surface area (Å²) in [6, 6.07) is 9.43. The maximum absolute atomic E-state index is 3.58. The molecular formula is C13H20N2. The average molecular weight is 204 g/mol. The minimum atomic E-state index is 0.627. The van der Waals surface area contributed by atoms with Gasteiger partial charge >= 0.3 is 0 Å². The van der Waals surface area contributed by atoms with Gasteiger partial charge in [-0.15, -0.1) is 0 Å². The maximum Gasteiger partial charge on any atom is 0.0400 e. The van der Waals surface area contributed by atoms with Crippen molar-refractivity contribution in [2.45, 2.75) is 25.8 Å². The molecule has 0 saturated carbocycles. The van der Waals surface area contributed by atoms with Gasteiger partial charge in [-0.3, -0.25) is 0 Å². The second kappa shape index (κ2) is 4.67. The smallest absolute Gasteiger partial charge is 0.0400 e. The van der Waals surface area contributed by atoms with Crippen molar-refractivity contribution in [2.24, 2.45) is 0 Å². The van der Waals surface area contributed by atoms with Crippen molar-refractivity contribution in [3.05, 3.63) is 29.8 Å². The SMILES string of the molecule is CCc1ccc(NC2CCN(C)C2)cc1. The Morgan fingerprint density at radius 3 is 2.60 bits per heavy atom. The quantitative estimate of drug-likeness (QED) is 0.813. The van der Waals surface area contributed by atoms with Gasteiger partial charge in [0.15, 0.2) is 0 Å². The average Bonchev–Trinajstić information content (AvgIpc) is 2.65. The number of rotatable bonds is 3. The molecule has 0 amide bonds. The highest BCUT2D eigenvalue weighted by Crippen LogP contribution is 2.15. The van der Waals surface area contributed by atoms with Crippen LogP contribution < -0.4 is 5.32 Å². The lowest BCUT2D eigenvalue weighted by molar-refractivity contribution is 0.414. The Morgan fingerprint density at radius 1 is 1.33 bits per heavy atom. The summed E-state index contributed by atoms with van der Waals surface area (Å²) in [6.07, 6.45) is 2.37. The summed E-state index contributed by atoms with van der Waals surface area (Å²) >= 11 is 0. The summed E-state index contributed by atoms with van der Waals surface area (Å²) in [4.78, 5) is 2.37. The molecule has 0 radical (unpaired) electrons. The van der Waals surface area contributed by atoms with Crippen LogP contribution in [-0.2, 0) is 6.42 Å². The van der Waals surface area contributed by atoms with Crippen LogP contribution in [-0.4, -0.2) is 31.1 Å². The predicted molar refractivity (Wildman–Crippen MR) is 65.3 cm³/mol. The molecule has 0 aromatic heterocycles. The van der Waals surface area contributed by atoms with Crippen LogP contribution in [0, 0.1) is 0 Å². The van der Waals surface area contributed by atoms with E-state index in [1.54, 1.807) is 0 Å². The molecule has 1 fully saturated rings. The van der Waals surface area contributed by atoms with Gasteiger partial charge in [-0.2, -0.15) is 0 Å². The monoisotopic (exact) mass is 204 g/mol. The number of nitrogens with one attached hydrogen (secondary N) is 1. The van der Waals surface area contributed by atoms with Crippen LogP contribution in [0.2, 0.25) is 0 Å². The maximum atomic E-state index is 3.58. The Balaban J connectivity index is 1.93. The van der Waals surface area contributed by atoms with E-state index in [4.69, 9.17) is 0 Å². The molecule has 1 atom stereocenters. The van der Waals surface area contributed by atoms with Crippen LogP contribution in [0.1, 0.15) is 18.9 Å². The molecule has 0 bridgehead atoms. The molecule has 0 aliphatic carbocycles. The van der Waals surface area contributed by atoms with Crippen molar-refractivity contribution < 1.29 is 0 Å². The molecule has 1 saturated heterocycles. The van der Waals surface area contributed by atoms with Gasteiger partial charge in [-0.05, 0) is 44.1 Å². The first-order valence-electron chi connectivity index (χ1n) is 5.82. The molecule has 1 N–H and O–H groups in total. The lowest BCUT2D eigenvalue weighted by atomic mass is 10.1. The van der Waals surface area contributed by atoms with E-state index in [0.29, 0.717) is 6.04 Å². The zero-order valence-electron chi connectivity index (χ0n) is 9.66. The van der Waals surface area contributed by atoms with Gasteiger partial charge in [0.05, 0.1) is 0 Å². The third-order valence-electron chi connectivity index (χ3n) is 3.12. The first-order valence-corrected chi connectivity index (χ1v) is 5.82. The van der Waals surface area contributed by atoms with Crippen LogP contribution in [0.5, 0.6) is 0 Å². The highest BCUT2D eigenvalue weighted by molar-refractivity contribution is 5.45. The first-order chi connectivity index (χ1) is 7.28. The Labute approximate surface area is 92.3 Å².